The Bertz CT molecular complexity index is 556. The lowest BCUT2D eigenvalue weighted by Crippen LogP contribution is -2.34. The van der Waals surface area contributed by atoms with Crippen LogP contribution in [0.4, 0.5) is 5.13 Å². The maximum atomic E-state index is 5.86. The first-order chi connectivity index (χ1) is 10.3. The molecule has 0 bridgehead atoms. The lowest BCUT2D eigenvalue weighted by molar-refractivity contribution is 0.137. The number of thiazole rings is 1. The number of hydrogen-bond donors (Lipinski definition) is 1. The molecule has 1 aromatic heterocycles. The topological polar surface area (TPSA) is 51.4 Å². The first-order valence-corrected chi connectivity index (χ1v) is 8.21. The first kappa shape index (κ1) is 17.1. The van der Waals surface area contributed by atoms with E-state index in [1.54, 1.807) is 11.3 Å². The number of piperidine rings is 1. The van der Waals surface area contributed by atoms with Crippen LogP contribution >= 0.6 is 23.7 Å². The summed E-state index contributed by atoms with van der Waals surface area (Å²) in [5, 5.41) is 0.663. The van der Waals surface area contributed by atoms with Crippen molar-refractivity contribution in [2.45, 2.75) is 19.4 Å². The highest BCUT2D eigenvalue weighted by molar-refractivity contribution is 7.15. The predicted molar refractivity (Wildman–Crippen MR) is 93.7 cm³/mol. The number of halogens is 1. The summed E-state index contributed by atoms with van der Waals surface area (Å²) >= 11 is 1.59. The van der Waals surface area contributed by atoms with Gasteiger partial charge in [-0.1, -0.05) is 18.2 Å². The Morgan fingerprint density at radius 1 is 1.23 bits per heavy atom. The number of nitrogen functional groups attached to an aromatic ring is 1. The maximum Gasteiger partial charge on any atom is 0.180 e. The SMILES string of the molecule is Cl.Nc1ncc(CN2CCC(COc3ccccc3)CC2)s1. The van der Waals surface area contributed by atoms with Gasteiger partial charge >= 0.3 is 0 Å². The van der Waals surface area contributed by atoms with Crippen LogP contribution in [0, 0.1) is 5.92 Å². The molecule has 1 saturated heterocycles. The molecule has 0 radical (unpaired) electrons. The average molecular weight is 340 g/mol. The number of ether oxygens (including phenoxy) is 1. The second-order valence-corrected chi connectivity index (χ2v) is 6.66. The Morgan fingerprint density at radius 2 is 1.95 bits per heavy atom. The van der Waals surface area contributed by atoms with Gasteiger partial charge in [0.1, 0.15) is 5.75 Å². The van der Waals surface area contributed by atoms with Gasteiger partial charge in [-0.2, -0.15) is 0 Å². The van der Waals surface area contributed by atoms with Gasteiger partial charge in [0.15, 0.2) is 5.13 Å². The minimum atomic E-state index is 0. The summed E-state index contributed by atoms with van der Waals surface area (Å²) in [5.74, 6) is 1.63. The molecule has 0 amide bonds. The number of hydrogen-bond acceptors (Lipinski definition) is 5. The van der Waals surface area contributed by atoms with E-state index in [4.69, 9.17) is 10.5 Å². The molecule has 1 aromatic carbocycles. The monoisotopic (exact) mass is 339 g/mol. The minimum Gasteiger partial charge on any atom is -0.493 e. The number of para-hydroxylation sites is 1. The van der Waals surface area contributed by atoms with Crippen molar-refractivity contribution in [2.75, 3.05) is 25.4 Å². The Hall–Kier alpha value is -1.30. The normalized spacial score (nSPS) is 16.2. The molecule has 1 fully saturated rings. The van der Waals surface area contributed by atoms with Gasteiger partial charge in [0.2, 0.25) is 0 Å². The molecule has 0 saturated carbocycles. The van der Waals surface area contributed by atoms with Gasteiger partial charge in [-0.3, -0.25) is 4.90 Å². The Kier molecular flexibility index (Phi) is 6.49. The number of aromatic nitrogens is 1. The Morgan fingerprint density at radius 3 is 2.59 bits per heavy atom. The molecule has 0 spiro atoms. The predicted octanol–water partition coefficient (Wildman–Crippen LogP) is 3.44. The van der Waals surface area contributed by atoms with Crippen LogP contribution in [0.15, 0.2) is 36.5 Å². The molecular formula is C16H22ClN3OS. The Labute approximate surface area is 141 Å². The van der Waals surface area contributed by atoms with E-state index in [2.05, 4.69) is 9.88 Å². The first-order valence-electron chi connectivity index (χ1n) is 7.40. The highest BCUT2D eigenvalue weighted by Crippen LogP contribution is 2.23. The molecule has 2 heterocycles. The van der Waals surface area contributed by atoms with E-state index in [0.29, 0.717) is 11.0 Å². The van der Waals surface area contributed by atoms with Gasteiger partial charge < -0.3 is 10.5 Å². The standard InChI is InChI=1S/C16H21N3OS.ClH/c17-16-18-10-15(21-16)11-19-8-6-13(7-9-19)12-20-14-4-2-1-3-5-14;/h1-5,10,13H,6-9,11-12H2,(H2,17,18);1H. The van der Waals surface area contributed by atoms with E-state index < -0.39 is 0 Å². The lowest BCUT2D eigenvalue weighted by Gasteiger charge is -2.31. The molecule has 1 aliphatic rings. The van der Waals surface area contributed by atoms with Gasteiger partial charge in [-0.15, -0.1) is 23.7 Å². The van der Waals surface area contributed by atoms with Crippen LogP contribution in [0.25, 0.3) is 0 Å². The lowest BCUT2D eigenvalue weighted by atomic mass is 9.98. The van der Waals surface area contributed by atoms with Gasteiger partial charge in [0.25, 0.3) is 0 Å². The summed E-state index contributed by atoms with van der Waals surface area (Å²) < 4.78 is 5.86. The molecule has 2 N–H and O–H groups in total. The molecule has 2 aromatic rings. The number of likely N-dealkylation sites (tertiary alicyclic amines) is 1. The van der Waals surface area contributed by atoms with Crippen LogP contribution in [0.1, 0.15) is 17.7 Å². The molecule has 4 nitrogen and oxygen atoms in total. The molecular weight excluding hydrogens is 318 g/mol. The van der Waals surface area contributed by atoms with Crippen LogP contribution in [-0.4, -0.2) is 29.6 Å². The van der Waals surface area contributed by atoms with Crippen LogP contribution in [0.5, 0.6) is 5.75 Å². The highest BCUT2D eigenvalue weighted by atomic mass is 35.5. The van der Waals surface area contributed by atoms with Crippen LogP contribution in [-0.2, 0) is 6.54 Å². The van der Waals surface area contributed by atoms with Crippen molar-refractivity contribution in [3.8, 4) is 5.75 Å². The van der Waals surface area contributed by atoms with Crippen molar-refractivity contribution in [1.82, 2.24) is 9.88 Å². The van der Waals surface area contributed by atoms with Crippen molar-refractivity contribution in [2.24, 2.45) is 5.92 Å². The third-order valence-corrected chi connectivity index (χ3v) is 4.70. The van der Waals surface area contributed by atoms with Crippen molar-refractivity contribution in [1.29, 1.82) is 0 Å². The zero-order valence-corrected chi connectivity index (χ0v) is 14.1. The van der Waals surface area contributed by atoms with Crippen LogP contribution < -0.4 is 10.5 Å². The zero-order chi connectivity index (χ0) is 14.5. The van der Waals surface area contributed by atoms with E-state index in [-0.39, 0.29) is 12.4 Å². The molecule has 0 atom stereocenters. The van der Waals surface area contributed by atoms with E-state index in [1.807, 2.05) is 36.5 Å². The zero-order valence-electron chi connectivity index (χ0n) is 12.5. The molecule has 3 rings (SSSR count). The molecule has 0 unspecified atom stereocenters. The van der Waals surface area contributed by atoms with Gasteiger partial charge in [-0.25, -0.2) is 4.98 Å². The summed E-state index contributed by atoms with van der Waals surface area (Å²) in [5.41, 5.74) is 5.67. The summed E-state index contributed by atoms with van der Waals surface area (Å²) in [6.45, 7) is 4.05. The molecule has 1 aliphatic heterocycles. The van der Waals surface area contributed by atoms with Crippen molar-refractivity contribution < 1.29 is 4.74 Å². The van der Waals surface area contributed by atoms with E-state index in [9.17, 15) is 0 Å². The van der Waals surface area contributed by atoms with Gasteiger partial charge in [0.05, 0.1) is 6.61 Å². The minimum absolute atomic E-state index is 0. The quantitative estimate of drug-likeness (QED) is 0.906. The fourth-order valence-electron chi connectivity index (χ4n) is 2.66. The smallest absolute Gasteiger partial charge is 0.180 e. The van der Waals surface area contributed by atoms with E-state index in [0.717, 1.165) is 32.0 Å². The molecule has 0 aliphatic carbocycles. The third kappa shape index (κ3) is 4.87. The molecule has 120 valence electrons. The number of anilines is 1. The number of rotatable bonds is 5. The molecule has 6 heteroatoms. The Balaban J connectivity index is 0.00000176. The second-order valence-electron chi connectivity index (χ2n) is 5.51. The third-order valence-electron chi connectivity index (χ3n) is 3.89. The summed E-state index contributed by atoms with van der Waals surface area (Å²) in [6.07, 6.45) is 4.28. The average Bonchev–Trinajstić information content (AvgIpc) is 2.93. The summed E-state index contributed by atoms with van der Waals surface area (Å²) in [4.78, 5) is 7.84. The number of nitrogens with zero attached hydrogens (tertiary/aromatic N) is 2. The van der Waals surface area contributed by atoms with E-state index in [1.165, 1.54) is 17.7 Å². The maximum absolute atomic E-state index is 5.86. The number of benzene rings is 1. The largest absolute Gasteiger partial charge is 0.493 e. The van der Waals surface area contributed by atoms with E-state index >= 15 is 0 Å². The highest BCUT2D eigenvalue weighted by Gasteiger charge is 2.20. The number of nitrogens with two attached hydrogens (primary N) is 1. The fraction of sp³-hybridized carbons (Fsp3) is 0.438. The van der Waals surface area contributed by atoms with Crippen LogP contribution in [0.2, 0.25) is 0 Å². The summed E-state index contributed by atoms with van der Waals surface area (Å²) in [6, 6.07) is 10.1. The van der Waals surface area contributed by atoms with Crippen molar-refractivity contribution >= 4 is 28.9 Å². The summed E-state index contributed by atoms with van der Waals surface area (Å²) in [7, 11) is 0. The fourth-order valence-corrected chi connectivity index (χ4v) is 3.38. The van der Waals surface area contributed by atoms with Gasteiger partial charge in [0, 0.05) is 17.6 Å². The van der Waals surface area contributed by atoms with Gasteiger partial charge in [-0.05, 0) is 44.0 Å². The molecule has 22 heavy (non-hydrogen) atoms. The van der Waals surface area contributed by atoms with Crippen molar-refractivity contribution in [3.63, 3.8) is 0 Å². The second kappa shape index (κ2) is 8.36. The van der Waals surface area contributed by atoms with Crippen LogP contribution in [0.3, 0.4) is 0 Å². The van der Waals surface area contributed by atoms with Crippen molar-refractivity contribution in [3.05, 3.63) is 41.4 Å².